The van der Waals surface area contributed by atoms with Gasteiger partial charge in [0.1, 0.15) is 0 Å². The summed E-state index contributed by atoms with van der Waals surface area (Å²) in [5.41, 5.74) is 5.54. The monoisotopic (exact) mass is 361 g/mol. The number of aryl methyl sites for hydroxylation is 1. The van der Waals surface area contributed by atoms with Gasteiger partial charge in [0.05, 0.1) is 10.9 Å². The molecule has 0 heterocycles. The predicted octanol–water partition coefficient (Wildman–Crippen LogP) is 6.33. The van der Waals surface area contributed by atoms with Gasteiger partial charge in [0, 0.05) is 5.56 Å². The van der Waals surface area contributed by atoms with E-state index in [1.807, 2.05) is 0 Å². The smallest absolute Gasteiger partial charge is 0.174 e. The molecule has 0 saturated carbocycles. The molecule has 0 saturated heterocycles. The first-order valence-corrected chi connectivity index (χ1v) is 9.04. The van der Waals surface area contributed by atoms with E-state index in [2.05, 4.69) is 64.1 Å². The van der Waals surface area contributed by atoms with Crippen molar-refractivity contribution in [3.8, 4) is 0 Å². The fourth-order valence-corrected chi connectivity index (χ4v) is 4.82. The average Bonchev–Trinajstić information content (AvgIpc) is 2.51. The summed E-state index contributed by atoms with van der Waals surface area (Å²) >= 11 is 6.27. The molecule has 0 N–H and O–H groups in total. The van der Waals surface area contributed by atoms with Crippen molar-refractivity contribution in [1.82, 2.24) is 0 Å². The van der Waals surface area contributed by atoms with Crippen LogP contribution >= 0.6 is 11.6 Å². The van der Waals surface area contributed by atoms with Gasteiger partial charge in [-0.1, -0.05) is 29.8 Å². The maximum Gasteiger partial charge on any atom is 0.379 e. The molecule has 0 fully saturated rings. The molecule has 0 spiro atoms. The second kappa shape index (κ2) is 9.24. The van der Waals surface area contributed by atoms with Gasteiger partial charge in [-0.2, -0.15) is 13.2 Å². The van der Waals surface area contributed by atoms with Gasteiger partial charge in [-0.05, 0) is 62.6 Å². The van der Waals surface area contributed by atoms with E-state index in [4.69, 9.17) is 11.6 Å². The predicted molar refractivity (Wildman–Crippen MR) is 93.6 cm³/mol. The number of alkyl halides is 4. The van der Waals surface area contributed by atoms with Crippen molar-refractivity contribution in [3.63, 3.8) is 0 Å². The normalized spacial score (nSPS) is 11.9. The first kappa shape index (κ1) is 19.9. The van der Waals surface area contributed by atoms with Gasteiger partial charge in [-0.25, -0.2) is 0 Å². The Kier molecular flexibility index (Phi) is 8.00. The summed E-state index contributed by atoms with van der Waals surface area (Å²) < 4.78 is 29.0. The fourth-order valence-electron chi connectivity index (χ4n) is 2.26. The fraction of sp³-hybridized carbons (Fsp3) is 0.333. The molecule has 1 atom stereocenters. The molecule has 0 nitrogen and oxygen atoms in total. The van der Waals surface area contributed by atoms with Gasteiger partial charge in [0.25, 0.3) is 0 Å². The number of hydrogen-bond acceptors (Lipinski definition) is 0. The van der Waals surface area contributed by atoms with Crippen LogP contribution < -0.4 is 0 Å². The standard InChI is InChI=1S/C17H20ClS.CHF3/c1-12-10-17(15(4)14(3)13(12)2)19(11-18)16-8-6-5-7-9-16;2-1(3)4/h5-10H,11H2,1-4H3;1H/q+1;. The Morgan fingerprint density at radius 3 is 1.91 bits per heavy atom. The van der Waals surface area contributed by atoms with E-state index in [0.717, 1.165) is 0 Å². The zero-order valence-electron chi connectivity index (χ0n) is 13.7. The van der Waals surface area contributed by atoms with E-state index in [9.17, 15) is 13.2 Å². The van der Waals surface area contributed by atoms with Crippen molar-refractivity contribution < 1.29 is 13.2 Å². The maximum atomic E-state index is 9.67. The van der Waals surface area contributed by atoms with E-state index in [1.54, 1.807) is 0 Å². The van der Waals surface area contributed by atoms with Crippen LogP contribution in [0, 0.1) is 27.7 Å². The molecule has 0 aromatic heterocycles. The summed E-state index contributed by atoms with van der Waals surface area (Å²) in [6, 6.07) is 12.9. The number of benzene rings is 2. The summed E-state index contributed by atoms with van der Waals surface area (Å²) in [5.74, 6) is 0. The maximum absolute atomic E-state index is 9.67. The Bertz CT molecular complexity index is 627. The first-order chi connectivity index (χ1) is 10.8. The van der Waals surface area contributed by atoms with Crippen molar-refractivity contribution in [2.24, 2.45) is 0 Å². The molecule has 0 aliphatic heterocycles. The summed E-state index contributed by atoms with van der Waals surface area (Å²) in [6.07, 6.45) is 0. The summed E-state index contributed by atoms with van der Waals surface area (Å²) in [7, 11) is -0.0332. The van der Waals surface area contributed by atoms with Crippen molar-refractivity contribution in [3.05, 3.63) is 58.7 Å². The van der Waals surface area contributed by atoms with Crippen molar-refractivity contribution in [1.29, 1.82) is 0 Å². The van der Waals surface area contributed by atoms with E-state index >= 15 is 0 Å². The summed E-state index contributed by atoms with van der Waals surface area (Å²) in [6.45, 7) is 5.14. The second-order valence-electron chi connectivity index (χ2n) is 5.13. The van der Waals surface area contributed by atoms with Crippen LogP contribution in [0.1, 0.15) is 22.3 Å². The highest BCUT2D eigenvalue weighted by molar-refractivity contribution is 7.98. The van der Waals surface area contributed by atoms with E-state index < -0.39 is 6.68 Å². The van der Waals surface area contributed by atoms with Crippen molar-refractivity contribution >= 4 is 22.5 Å². The van der Waals surface area contributed by atoms with Crippen LogP contribution in [0.5, 0.6) is 0 Å². The number of hydrogen-bond donors (Lipinski definition) is 0. The lowest BCUT2D eigenvalue weighted by atomic mass is 10.00. The van der Waals surface area contributed by atoms with Gasteiger partial charge >= 0.3 is 6.68 Å². The first-order valence-electron chi connectivity index (χ1n) is 7.11. The largest absolute Gasteiger partial charge is 0.379 e. The third kappa shape index (κ3) is 5.47. The minimum atomic E-state index is -3.67. The van der Waals surface area contributed by atoms with Gasteiger partial charge in [0.15, 0.2) is 15.0 Å². The lowest BCUT2D eigenvalue weighted by Gasteiger charge is -2.13. The van der Waals surface area contributed by atoms with Crippen molar-refractivity contribution in [2.45, 2.75) is 44.2 Å². The molecule has 5 heteroatoms. The van der Waals surface area contributed by atoms with E-state index in [0.29, 0.717) is 5.21 Å². The number of halogens is 4. The summed E-state index contributed by atoms with van der Waals surface area (Å²) in [4.78, 5) is 2.71. The lowest BCUT2D eigenvalue weighted by molar-refractivity contribution is 0.00819. The Balaban J connectivity index is 0.000000593. The molecule has 23 heavy (non-hydrogen) atoms. The summed E-state index contributed by atoms with van der Waals surface area (Å²) in [5, 5.41) is 0.646. The zero-order valence-corrected chi connectivity index (χ0v) is 15.2. The molecule has 0 radical (unpaired) electrons. The molecule has 2 aromatic carbocycles. The van der Waals surface area contributed by atoms with Crippen molar-refractivity contribution in [2.75, 3.05) is 5.21 Å². The molecular formula is C18H21ClF3S+. The second-order valence-corrected chi connectivity index (χ2v) is 7.69. The highest BCUT2D eigenvalue weighted by Gasteiger charge is 2.27. The van der Waals surface area contributed by atoms with Gasteiger partial charge < -0.3 is 0 Å². The quantitative estimate of drug-likeness (QED) is 0.442. The van der Waals surface area contributed by atoms with E-state index in [1.165, 1.54) is 32.0 Å². The minimum Gasteiger partial charge on any atom is -0.174 e. The van der Waals surface area contributed by atoms with Gasteiger partial charge in [-0.3, -0.25) is 0 Å². The Morgan fingerprint density at radius 1 is 0.913 bits per heavy atom. The molecule has 2 aromatic rings. The molecule has 0 amide bonds. The lowest BCUT2D eigenvalue weighted by Crippen LogP contribution is -2.09. The minimum absolute atomic E-state index is 0.0332. The molecule has 0 aliphatic rings. The molecule has 126 valence electrons. The van der Waals surface area contributed by atoms with Gasteiger partial charge in [-0.15, -0.1) is 0 Å². The SMILES string of the molecule is Cc1cc([S+](CCl)c2ccccc2)c(C)c(C)c1C.FC(F)F. The van der Waals surface area contributed by atoms with Crippen LogP contribution in [0.4, 0.5) is 13.2 Å². The van der Waals surface area contributed by atoms with Crippen LogP contribution in [0.2, 0.25) is 0 Å². The highest BCUT2D eigenvalue weighted by Crippen LogP contribution is 2.31. The third-order valence-electron chi connectivity index (χ3n) is 3.84. The molecule has 0 bridgehead atoms. The molecule has 1 unspecified atom stereocenters. The Hall–Kier alpha value is -1.13. The highest BCUT2D eigenvalue weighted by atomic mass is 35.5. The third-order valence-corrected chi connectivity index (χ3v) is 6.51. The van der Waals surface area contributed by atoms with Gasteiger partial charge in [0.2, 0.25) is 0 Å². The molecular weight excluding hydrogens is 341 g/mol. The topological polar surface area (TPSA) is 0 Å². The average molecular weight is 362 g/mol. The van der Waals surface area contributed by atoms with Crippen LogP contribution in [-0.2, 0) is 10.9 Å². The Labute approximate surface area is 144 Å². The van der Waals surface area contributed by atoms with Crippen LogP contribution in [0.3, 0.4) is 0 Å². The molecule has 0 aliphatic carbocycles. The molecule has 2 rings (SSSR count). The van der Waals surface area contributed by atoms with Crippen LogP contribution in [0.25, 0.3) is 0 Å². The Morgan fingerprint density at radius 2 is 1.43 bits per heavy atom. The van der Waals surface area contributed by atoms with Crippen LogP contribution in [-0.4, -0.2) is 11.9 Å². The van der Waals surface area contributed by atoms with E-state index in [-0.39, 0.29) is 10.9 Å². The number of rotatable bonds is 3. The zero-order chi connectivity index (χ0) is 17.6. The van der Waals surface area contributed by atoms with Crippen LogP contribution in [0.15, 0.2) is 46.2 Å².